The van der Waals surface area contributed by atoms with Gasteiger partial charge < -0.3 is 5.11 Å². The number of pyridine rings is 1. The van der Waals surface area contributed by atoms with Crippen LogP contribution in [0.25, 0.3) is 11.1 Å². The average molecular weight is 524 g/mol. The molecule has 2 aromatic carbocycles. The van der Waals surface area contributed by atoms with Gasteiger partial charge in [-0.2, -0.15) is 13.2 Å². The minimum atomic E-state index is -4.52. The molecule has 1 aromatic heterocycles. The standard InChI is InChI=1S/C31H29F4NO2/c32-22-8-3-7-20(15-22)25-26-23(16-30(13-4-14-30)17-24(26)37)36-28(18-5-1-2-6-18)27(25)29(38)19-9-11-21(12-10-19)31(33,34)35/h3,7-12,15,18,24,37H,1-2,4-6,13-14,16-17H2. The molecule has 1 N–H and O–H groups in total. The van der Waals surface area contributed by atoms with E-state index < -0.39 is 29.4 Å². The van der Waals surface area contributed by atoms with E-state index in [-0.39, 0.29) is 22.5 Å². The molecule has 198 valence electrons. The molecular formula is C31H29F4NO2. The van der Waals surface area contributed by atoms with Crippen molar-refractivity contribution in [2.45, 2.75) is 76.0 Å². The van der Waals surface area contributed by atoms with E-state index in [9.17, 15) is 27.5 Å². The van der Waals surface area contributed by atoms with Gasteiger partial charge in [-0.3, -0.25) is 9.78 Å². The molecule has 0 saturated heterocycles. The van der Waals surface area contributed by atoms with Gasteiger partial charge in [-0.25, -0.2) is 4.39 Å². The number of halogens is 4. The molecule has 1 unspecified atom stereocenters. The maximum Gasteiger partial charge on any atom is 0.416 e. The van der Waals surface area contributed by atoms with Crippen LogP contribution in [0.1, 0.15) is 102 Å². The number of hydrogen-bond donors (Lipinski definition) is 1. The molecule has 3 nitrogen and oxygen atoms in total. The van der Waals surface area contributed by atoms with E-state index in [1.165, 1.54) is 24.3 Å². The quantitative estimate of drug-likeness (QED) is 0.279. The zero-order chi connectivity index (χ0) is 26.7. The Morgan fingerprint density at radius 3 is 2.32 bits per heavy atom. The van der Waals surface area contributed by atoms with Crippen LogP contribution < -0.4 is 0 Å². The highest BCUT2D eigenvalue weighted by atomic mass is 19.4. The molecule has 2 fully saturated rings. The number of carbonyl (C=O) groups is 1. The molecule has 1 atom stereocenters. The van der Waals surface area contributed by atoms with E-state index >= 15 is 0 Å². The van der Waals surface area contributed by atoms with Gasteiger partial charge in [-0.1, -0.05) is 43.5 Å². The van der Waals surface area contributed by atoms with Crippen LogP contribution in [0.5, 0.6) is 0 Å². The maximum atomic E-state index is 14.5. The fraction of sp³-hybridized carbons (Fsp3) is 0.419. The third-order valence-electron chi connectivity index (χ3n) is 8.81. The Kier molecular flexibility index (Phi) is 6.17. The number of nitrogens with zero attached hydrogens (tertiary/aromatic N) is 1. The second-order valence-electron chi connectivity index (χ2n) is 11.3. The van der Waals surface area contributed by atoms with Gasteiger partial charge >= 0.3 is 6.18 Å². The molecule has 0 bridgehead atoms. The second-order valence-corrected chi connectivity index (χ2v) is 11.3. The fourth-order valence-corrected chi connectivity index (χ4v) is 6.78. The Hall–Kier alpha value is -3.06. The average Bonchev–Trinajstić information content (AvgIpc) is 3.41. The van der Waals surface area contributed by atoms with E-state index in [4.69, 9.17) is 4.98 Å². The molecule has 3 aliphatic carbocycles. The molecule has 0 radical (unpaired) electrons. The summed E-state index contributed by atoms with van der Waals surface area (Å²) in [6.45, 7) is 0. The normalized spacial score (nSPS) is 20.8. The molecule has 0 aliphatic heterocycles. The molecular weight excluding hydrogens is 494 g/mol. The zero-order valence-electron chi connectivity index (χ0n) is 21.0. The Bertz CT molecular complexity index is 1390. The zero-order valence-corrected chi connectivity index (χ0v) is 21.0. The Balaban J connectivity index is 1.60. The number of ketones is 1. The highest BCUT2D eigenvalue weighted by molar-refractivity contribution is 6.14. The Morgan fingerprint density at radius 1 is 1.00 bits per heavy atom. The topological polar surface area (TPSA) is 50.2 Å². The van der Waals surface area contributed by atoms with Gasteiger partial charge in [-0.15, -0.1) is 0 Å². The van der Waals surface area contributed by atoms with Crippen molar-refractivity contribution in [3.05, 3.63) is 88.0 Å². The molecule has 3 aromatic rings. The highest BCUT2D eigenvalue weighted by Crippen LogP contribution is 2.55. The van der Waals surface area contributed by atoms with Crippen molar-refractivity contribution >= 4 is 5.78 Å². The smallest absolute Gasteiger partial charge is 0.388 e. The van der Waals surface area contributed by atoms with Gasteiger partial charge in [0, 0.05) is 28.3 Å². The van der Waals surface area contributed by atoms with Crippen molar-refractivity contribution in [1.29, 1.82) is 0 Å². The van der Waals surface area contributed by atoms with Crippen LogP contribution in [0, 0.1) is 11.2 Å². The van der Waals surface area contributed by atoms with Crippen molar-refractivity contribution < 1.29 is 27.5 Å². The number of fused-ring (bicyclic) bond motifs is 1. The number of rotatable bonds is 4. The van der Waals surface area contributed by atoms with Gasteiger partial charge in [0.1, 0.15) is 5.82 Å². The number of aliphatic hydroxyl groups is 1. The van der Waals surface area contributed by atoms with Crippen molar-refractivity contribution in [3.63, 3.8) is 0 Å². The minimum absolute atomic E-state index is 0.00449. The SMILES string of the molecule is O=C(c1ccc(C(F)(F)F)cc1)c1c(C2CCCC2)nc2c(c1-c1cccc(F)c1)C(O)CC1(CCC1)C2. The van der Waals surface area contributed by atoms with E-state index in [0.717, 1.165) is 62.8 Å². The van der Waals surface area contributed by atoms with Crippen LogP contribution in [0.4, 0.5) is 17.6 Å². The number of alkyl halides is 3. The van der Waals surface area contributed by atoms with Gasteiger partial charge in [0.05, 0.1) is 22.9 Å². The third-order valence-corrected chi connectivity index (χ3v) is 8.81. The molecule has 1 spiro atoms. The van der Waals surface area contributed by atoms with E-state index in [1.54, 1.807) is 12.1 Å². The Labute approximate surface area is 218 Å². The summed E-state index contributed by atoms with van der Waals surface area (Å²) >= 11 is 0. The van der Waals surface area contributed by atoms with Crippen LogP contribution >= 0.6 is 0 Å². The summed E-state index contributed by atoms with van der Waals surface area (Å²) in [6, 6.07) is 10.2. The van der Waals surface area contributed by atoms with Crippen LogP contribution in [-0.4, -0.2) is 15.9 Å². The summed E-state index contributed by atoms with van der Waals surface area (Å²) in [5.74, 6) is -0.895. The van der Waals surface area contributed by atoms with Crippen LogP contribution in [0.2, 0.25) is 0 Å². The second kappa shape index (κ2) is 9.30. The van der Waals surface area contributed by atoms with E-state index in [0.29, 0.717) is 35.2 Å². The summed E-state index contributed by atoms with van der Waals surface area (Å²) in [7, 11) is 0. The number of benzene rings is 2. The van der Waals surface area contributed by atoms with Gasteiger partial charge in [0.15, 0.2) is 5.78 Å². The summed E-state index contributed by atoms with van der Waals surface area (Å²) in [6.07, 6.45) is 2.75. The van der Waals surface area contributed by atoms with Crippen LogP contribution in [0.15, 0.2) is 48.5 Å². The first kappa shape index (κ1) is 25.2. The van der Waals surface area contributed by atoms with Crippen LogP contribution in [0.3, 0.4) is 0 Å². The van der Waals surface area contributed by atoms with Crippen molar-refractivity contribution in [2.24, 2.45) is 5.41 Å². The number of hydrogen-bond acceptors (Lipinski definition) is 3. The van der Waals surface area contributed by atoms with Crippen molar-refractivity contribution in [3.8, 4) is 11.1 Å². The molecule has 0 amide bonds. The lowest BCUT2D eigenvalue weighted by Crippen LogP contribution is -2.38. The highest BCUT2D eigenvalue weighted by Gasteiger charge is 2.46. The van der Waals surface area contributed by atoms with Gasteiger partial charge in [-0.05, 0) is 73.8 Å². The van der Waals surface area contributed by atoms with Crippen molar-refractivity contribution in [1.82, 2.24) is 4.98 Å². The van der Waals surface area contributed by atoms with Gasteiger partial charge in [0.2, 0.25) is 0 Å². The first-order valence-corrected chi connectivity index (χ1v) is 13.4. The number of aromatic nitrogens is 1. The predicted octanol–water partition coefficient (Wildman–Crippen LogP) is 7.95. The first-order valence-electron chi connectivity index (χ1n) is 13.4. The first-order chi connectivity index (χ1) is 18.2. The molecule has 2 saturated carbocycles. The molecule has 3 aliphatic rings. The molecule has 6 rings (SSSR count). The summed E-state index contributed by atoms with van der Waals surface area (Å²) in [5.41, 5.74) is 2.48. The lowest BCUT2D eigenvalue weighted by atomic mass is 9.59. The third kappa shape index (κ3) is 4.35. The lowest BCUT2D eigenvalue weighted by molar-refractivity contribution is -0.137. The Morgan fingerprint density at radius 2 is 1.71 bits per heavy atom. The van der Waals surface area contributed by atoms with E-state index in [2.05, 4.69) is 0 Å². The minimum Gasteiger partial charge on any atom is -0.388 e. The van der Waals surface area contributed by atoms with E-state index in [1.807, 2.05) is 0 Å². The lowest BCUT2D eigenvalue weighted by Gasteiger charge is -2.47. The van der Waals surface area contributed by atoms with Crippen molar-refractivity contribution in [2.75, 3.05) is 0 Å². The fourth-order valence-electron chi connectivity index (χ4n) is 6.78. The molecule has 1 heterocycles. The summed E-state index contributed by atoms with van der Waals surface area (Å²) in [5, 5.41) is 11.5. The summed E-state index contributed by atoms with van der Waals surface area (Å²) in [4.78, 5) is 19.2. The predicted molar refractivity (Wildman–Crippen MR) is 135 cm³/mol. The summed E-state index contributed by atoms with van der Waals surface area (Å²) < 4.78 is 54.1. The molecule has 7 heteroatoms. The number of carbonyl (C=O) groups excluding carboxylic acids is 1. The van der Waals surface area contributed by atoms with Gasteiger partial charge in [0.25, 0.3) is 0 Å². The maximum absolute atomic E-state index is 14.5. The largest absolute Gasteiger partial charge is 0.416 e. The monoisotopic (exact) mass is 523 g/mol. The number of aliphatic hydroxyl groups excluding tert-OH is 1. The molecule has 38 heavy (non-hydrogen) atoms. The van der Waals surface area contributed by atoms with Crippen LogP contribution in [-0.2, 0) is 12.6 Å².